The topological polar surface area (TPSA) is 55.4 Å². The molecule has 3 rings (SSSR count). The number of benzene rings is 2. The van der Waals surface area contributed by atoms with Gasteiger partial charge in [-0.1, -0.05) is 24.3 Å². The number of hydrogen-bond acceptors (Lipinski definition) is 4. The molecule has 0 fully saturated rings. The zero-order valence-corrected chi connectivity index (χ0v) is 10.8. The van der Waals surface area contributed by atoms with Gasteiger partial charge in [0.1, 0.15) is 5.75 Å². The maximum absolute atomic E-state index is 12.2. The average Bonchev–Trinajstić information content (AvgIpc) is 2.48. The van der Waals surface area contributed by atoms with Crippen molar-refractivity contribution in [2.45, 2.75) is 6.42 Å². The summed E-state index contributed by atoms with van der Waals surface area (Å²) < 4.78 is 5.30. The lowest BCUT2D eigenvalue weighted by Crippen LogP contribution is -2.22. The Hall–Kier alpha value is -2.62. The second-order valence-electron chi connectivity index (χ2n) is 4.53. The lowest BCUT2D eigenvalue weighted by Gasteiger charge is -2.19. The largest absolute Gasteiger partial charge is 0.423 e. The van der Waals surface area contributed by atoms with Crippen LogP contribution in [-0.2, 0) is 0 Å². The lowest BCUT2D eigenvalue weighted by atomic mass is 9.96. The normalized spacial score (nSPS) is 13.3. The summed E-state index contributed by atoms with van der Waals surface area (Å²) in [4.78, 5) is 24.2. The van der Waals surface area contributed by atoms with Gasteiger partial charge in [0.15, 0.2) is 5.78 Å². The predicted octanol–water partition coefficient (Wildman–Crippen LogP) is 2.90. The van der Waals surface area contributed by atoms with Crippen LogP contribution in [0.3, 0.4) is 0 Å². The number of hydrogen-bond donors (Lipinski definition) is 1. The first kappa shape index (κ1) is 12.4. The first-order valence-electron chi connectivity index (χ1n) is 6.43. The molecule has 1 N–H and O–H groups in total. The van der Waals surface area contributed by atoms with Gasteiger partial charge in [0.2, 0.25) is 0 Å². The molecular weight excluding hydrogens is 254 g/mol. The van der Waals surface area contributed by atoms with Gasteiger partial charge in [0.05, 0.1) is 11.1 Å². The molecule has 1 heterocycles. The van der Waals surface area contributed by atoms with E-state index in [9.17, 15) is 9.59 Å². The number of ether oxygens (including phenoxy) is 1. The van der Waals surface area contributed by atoms with E-state index in [0.717, 1.165) is 0 Å². The smallest absolute Gasteiger partial charge is 0.344 e. The van der Waals surface area contributed by atoms with Gasteiger partial charge < -0.3 is 10.1 Å². The second-order valence-corrected chi connectivity index (χ2v) is 4.53. The molecule has 0 saturated heterocycles. The average molecular weight is 267 g/mol. The van der Waals surface area contributed by atoms with Crippen molar-refractivity contribution in [1.29, 1.82) is 0 Å². The van der Waals surface area contributed by atoms with E-state index in [-0.39, 0.29) is 5.78 Å². The van der Waals surface area contributed by atoms with Crippen LogP contribution in [0, 0.1) is 0 Å². The molecule has 0 spiro atoms. The minimum atomic E-state index is -0.509. The van der Waals surface area contributed by atoms with Crippen molar-refractivity contribution in [3.05, 3.63) is 59.7 Å². The summed E-state index contributed by atoms with van der Waals surface area (Å²) in [5, 5.41) is 3.12. The summed E-state index contributed by atoms with van der Waals surface area (Å²) in [7, 11) is 0. The molecule has 4 heteroatoms. The highest BCUT2D eigenvalue weighted by Crippen LogP contribution is 2.26. The third kappa shape index (κ3) is 2.28. The Balaban J connectivity index is 1.94. The van der Waals surface area contributed by atoms with E-state index in [1.54, 1.807) is 42.5 Å². The summed E-state index contributed by atoms with van der Waals surface area (Å²) in [5.74, 6) is -0.0733. The van der Waals surface area contributed by atoms with Gasteiger partial charge in [0, 0.05) is 18.7 Å². The molecule has 0 aromatic heterocycles. The van der Waals surface area contributed by atoms with Crippen LogP contribution in [0.15, 0.2) is 48.5 Å². The quantitative estimate of drug-likeness (QED) is 0.671. The number of Topliss-reactive ketones (excluding diaryl/α,β-unsaturated/α-hetero) is 1. The Morgan fingerprint density at radius 3 is 2.65 bits per heavy atom. The fourth-order valence-corrected chi connectivity index (χ4v) is 2.26. The molecule has 2 aromatic carbocycles. The summed E-state index contributed by atoms with van der Waals surface area (Å²) >= 11 is 0. The van der Waals surface area contributed by atoms with Gasteiger partial charge in [-0.25, -0.2) is 4.79 Å². The highest BCUT2D eigenvalue weighted by atomic mass is 16.5. The van der Waals surface area contributed by atoms with E-state index in [2.05, 4.69) is 5.32 Å². The Kier molecular flexibility index (Phi) is 3.21. The molecule has 0 amide bonds. The van der Waals surface area contributed by atoms with Gasteiger partial charge in [-0.15, -0.1) is 0 Å². The molecule has 0 aliphatic carbocycles. The van der Waals surface area contributed by atoms with Crippen molar-refractivity contribution < 1.29 is 14.3 Å². The first-order chi connectivity index (χ1) is 9.75. The van der Waals surface area contributed by atoms with Gasteiger partial charge in [0.25, 0.3) is 0 Å². The lowest BCUT2D eigenvalue weighted by molar-refractivity contribution is 0.0729. The number of nitrogens with one attached hydrogen (secondary N) is 1. The Morgan fingerprint density at radius 2 is 1.85 bits per heavy atom. The van der Waals surface area contributed by atoms with Crippen molar-refractivity contribution in [3.8, 4) is 5.75 Å². The molecular formula is C16H13NO3. The fraction of sp³-hybridized carbons (Fsp3) is 0.125. The number of rotatable bonds is 2. The molecule has 20 heavy (non-hydrogen) atoms. The van der Waals surface area contributed by atoms with Crippen LogP contribution in [0.4, 0.5) is 5.69 Å². The van der Waals surface area contributed by atoms with Gasteiger partial charge in [-0.3, -0.25) is 4.79 Å². The van der Waals surface area contributed by atoms with Crippen LogP contribution in [0.5, 0.6) is 5.75 Å². The highest BCUT2D eigenvalue weighted by molar-refractivity contribution is 6.11. The van der Waals surface area contributed by atoms with Crippen LogP contribution in [0.2, 0.25) is 0 Å². The minimum absolute atomic E-state index is 0.0284. The van der Waals surface area contributed by atoms with Gasteiger partial charge in [-0.05, 0) is 24.3 Å². The molecule has 2 aromatic rings. The summed E-state index contributed by atoms with van der Waals surface area (Å²) in [6.07, 6.45) is 0.391. The van der Waals surface area contributed by atoms with Crippen LogP contribution in [-0.4, -0.2) is 18.3 Å². The number of carbonyl (C=O) groups excluding carboxylic acids is 2. The summed E-state index contributed by atoms with van der Waals surface area (Å²) in [6, 6.07) is 14.0. The van der Waals surface area contributed by atoms with Crippen LogP contribution in [0.1, 0.15) is 27.1 Å². The van der Waals surface area contributed by atoms with E-state index < -0.39 is 5.97 Å². The number of para-hydroxylation sites is 1. The summed E-state index contributed by atoms with van der Waals surface area (Å²) in [5.41, 5.74) is 1.44. The molecule has 0 atom stereocenters. The Morgan fingerprint density at radius 1 is 1.05 bits per heavy atom. The third-order valence-electron chi connectivity index (χ3n) is 3.18. The highest BCUT2D eigenvalue weighted by Gasteiger charge is 2.24. The zero-order valence-electron chi connectivity index (χ0n) is 10.8. The fourth-order valence-electron chi connectivity index (χ4n) is 2.26. The first-order valence-corrected chi connectivity index (χ1v) is 6.43. The minimum Gasteiger partial charge on any atom is -0.423 e. The van der Waals surface area contributed by atoms with Crippen molar-refractivity contribution in [1.82, 2.24) is 0 Å². The molecule has 100 valence electrons. The van der Waals surface area contributed by atoms with Crippen molar-refractivity contribution in [2.75, 3.05) is 11.9 Å². The molecule has 0 radical (unpaired) electrons. The van der Waals surface area contributed by atoms with E-state index in [1.807, 2.05) is 6.07 Å². The molecule has 0 bridgehead atoms. The number of carbonyl (C=O) groups is 2. The van der Waals surface area contributed by atoms with Crippen LogP contribution < -0.4 is 10.1 Å². The van der Waals surface area contributed by atoms with Crippen LogP contribution >= 0.6 is 0 Å². The van der Waals surface area contributed by atoms with E-state index in [1.165, 1.54) is 0 Å². The third-order valence-corrected chi connectivity index (χ3v) is 3.18. The number of anilines is 1. The van der Waals surface area contributed by atoms with Crippen molar-refractivity contribution >= 4 is 17.4 Å². The molecule has 1 aliphatic rings. The summed E-state index contributed by atoms with van der Waals surface area (Å²) in [6.45, 7) is 0.600. The van der Waals surface area contributed by atoms with Crippen molar-refractivity contribution in [2.24, 2.45) is 0 Å². The van der Waals surface area contributed by atoms with Gasteiger partial charge in [-0.2, -0.15) is 0 Å². The van der Waals surface area contributed by atoms with Crippen molar-refractivity contribution in [3.63, 3.8) is 0 Å². The van der Waals surface area contributed by atoms with E-state index in [4.69, 9.17) is 4.74 Å². The maximum atomic E-state index is 12.2. The maximum Gasteiger partial charge on any atom is 0.344 e. The monoisotopic (exact) mass is 267 g/mol. The van der Waals surface area contributed by atoms with E-state index >= 15 is 0 Å². The molecule has 4 nitrogen and oxygen atoms in total. The molecule has 0 unspecified atom stereocenters. The number of fused-ring (bicyclic) bond motifs is 1. The second kappa shape index (κ2) is 5.17. The van der Waals surface area contributed by atoms with Gasteiger partial charge >= 0.3 is 5.97 Å². The Labute approximate surface area is 116 Å². The molecule has 1 aliphatic heterocycles. The standard InChI is InChI=1S/C16H13NO3/c18-14-9-10-17-13-8-4-7-12(15(13)14)16(19)20-11-5-2-1-3-6-11/h1-8,17H,9-10H2. The van der Waals surface area contributed by atoms with E-state index in [0.29, 0.717) is 35.5 Å². The van der Waals surface area contributed by atoms with Crippen LogP contribution in [0.25, 0.3) is 0 Å². The predicted molar refractivity (Wildman–Crippen MR) is 75.3 cm³/mol. The zero-order chi connectivity index (χ0) is 13.9. The number of esters is 1. The number of ketones is 1. The molecule has 0 saturated carbocycles. The Bertz CT molecular complexity index is 665. The SMILES string of the molecule is O=C(Oc1ccccc1)c1cccc2c1C(=O)CCN2.